The summed E-state index contributed by atoms with van der Waals surface area (Å²) in [5.74, 6) is -2.69. The number of aliphatic carboxylic acids is 1. The fourth-order valence-corrected chi connectivity index (χ4v) is 2.86. The summed E-state index contributed by atoms with van der Waals surface area (Å²) in [6.07, 6.45) is -3.69. The SMILES string of the molecule is Cl.O=C(O)C1CCN(C(=O)c2cnn(-c3ccccc3)c2C(F)(F)F)C1. The maximum Gasteiger partial charge on any atom is 0.434 e. The van der Waals surface area contributed by atoms with Crippen LogP contribution in [0.2, 0.25) is 0 Å². The molecule has 1 aromatic carbocycles. The number of hydrogen-bond acceptors (Lipinski definition) is 3. The summed E-state index contributed by atoms with van der Waals surface area (Å²) in [5, 5.41) is 12.7. The normalized spacial score (nSPS) is 17.0. The maximum absolute atomic E-state index is 13.6. The predicted octanol–water partition coefficient (Wildman–Crippen LogP) is 2.86. The molecule has 26 heavy (non-hydrogen) atoms. The minimum absolute atomic E-state index is 0. The Morgan fingerprint density at radius 2 is 1.85 bits per heavy atom. The highest BCUT2D eigenvalue weighted by Crippen LogP contribution is 2.34. The van der Waals surface area contributed by atoms with Gasteiger partial charge >= 0.3 is 12.1 Å². The van der Waals surface area contributed by atoms with Crippen molar-refractivity contribution in [3.8, 4) is 5.69 Å². The van der Waals surface area contributed by atoms with Gasteiger partial charge in [-0.15, -0.1) is 12.4 Å². The average Bonchev–Trinajstić information content (AvgIpc) is 3.22. The molecule has 1 aliphatic heterocycles. The fraction of sp³-hybridized carbons (Fsp3) is 0.312. The lowest BCUT2D eigenvalue weighted by atomic mass is 10.1. The molecule has 1 unspecified atom stereocenters. The van der Waals surface area contributed by atoms with Crippen molar-refractivity contribution in [3.63, 3.8) is 0 Å². The molecule has 0 aliphatic carbocycles. The number of nitrogens with zero attached hydrogens (tertiary/aromatic N) is 3. The van der Waals surface area contributed by atoms with Gasteiger partial charge in [0.05, 0.1) is 23.4 Å². The van der Waals surface area contributed by atoms with Crippen molar-refractivity contribution < 1.29 is 27.9 Å². The lowest BCUT2D eigenvalue weighted by molar-refractivity contribution is -0.143. The molecule has 1 N–H and O–H groups in total. The smallest absolute Gasteiger partial charge is 0.434 e. The molecule has 2 heterocycles. The number of carboxylic acid groups (broad SMARTS) is 1. The van der Waals surface area contributed by atoms with E-state index in [-0.39, 0.29) is 37.6 Å². The van der Waals surface area contributed by atoms with Crippen molar-refractivity contribution in [2.45, 2.75) is 12.6 Å². The third kappa shape index (κ3) is 3.67. The van der Waals surface area contributed by atoms with Gasteiger partial charge in [0.25, 0.3) is 5.91 Å². The van der Waals surface area contributed by atoms with Gasteiger partial charge in [0.15, 0.2) is 5.69 Å². The van der Waals surface area contributed by atoms with E-state index < -0.39 is 35.2 Å². The highest BCUT2D eigenvalue weighted by atomic mass is 35.5. The van der Waals surface area contributed by atoms with Crippen LogP contribution in [-0.2, 0) is 11.0 Å². The molecule has 0 bridgehead atoms. The molecule has 1 aromatic heterocycles. The predicted molar refractivity (Wildman–Crippen MR) is 87.5 cm³/mol. The number of hydrogen-bond donors (Lipinski definition) is 1. The molecule has 0 radical (unpaired) electrons. The van der Waals surface area contributed by atoms with Gasteiger partial charge in [-0.05, 0) is 18.6 Å². The second-order valence-electron chi connectivity index (χ2n) is 5.73. The van der Waals surface area contributed by atoms with Crippen molar-refractivity contribution in [2.24, 2.45) is 5.92 Å². The zero-order valence-electron chi connectivity index (χ0n) is 13.3. The summed E-state index contributed by atoms with van der Waals surface area (Å²) in [6, 6.07) is 7.69. The number of rotatable bonds is 3. The largest absolute Gasteiger partial charge is 0.481 e. The van der Waals surface area contributed by atoms with E-state index in [1.54, 1.807) is 18.2 Å². The van der Waals surface area contributed by atoms with E-state index in [0.717, 1.165) is 11.1 Å². The van der Waals surface area contributed by atoms with E-state index in [9.17, 15) is 22.8 Å². The zero-order valence-corrected chi connectivity index (χ0v) is 14.1. The van der Waals surface area contributed by atoms with Gasteiger partial charge in [-0.3, -0.25) is 9.59 Å². The molecular formula is C16H15ClF3N3O3. The molecule has 10 heteroatoms. The molecule has 1 atom stereocenters. The van der Waals surface area contributed by atoms with E-state index in [0.29, 0.717) is 4.68 Å². The number of amides is 1. The van der Waals surface area contributed by atoms with Gasteiger partial charge in [0.2, 0.25) is 0 Å². The van der Waals surface area contributed by atoms with Crippen LogP contribution in [0, 0.1) is 5.92 Å². The monoisotopic (exact) mass is 389 g/mol. The third-order valence-electron chi connectivity index (χ3n) is 4.09. The minimum atomic E-state index is -4.79. The molecule has 0 spiro atoms. The van der Waals surface area contributed by atoms with E-state index >= 15 is 0 Å². The number of carboxylic acids is 1. The van der Waals surface area contributed by atoms with E-state index in [1.807, 2.05) is 0 Å². The number of para-hydroxylation sites is 1. The van der Waals surface area contributed by atoms with Crippen molar-refractivity contribution in [3.05, 3.63) is 47.8 Å². The number of carbonyl (C=O) groups excluding carboxylic acids is 1. The molecule has 2 aromatic rings. The molecular weight excluding hydrogens is 375 g/mol. The highest BCUT2D eigenvalue weighted by molar-refractivity contribution is 5.96. The lowest BCUT2D eigenvalue weighted by Crippen LogP contribution is -2.31. The fourth-order valence-electron chi connectivity index (χ4n) is 2.86. The molecule has 140 valence electrons. The molecule has 1 saturated heterocycles. The molecule has 1 aliphatic rings. The van der Waals surface area contributed by atoms with Gasteiger partial charge in [0.1, 0.15) is 0 Å². The first-order chi connectivity index (χ1) is 11.8. The Labute approximate surface area is 152 Å². The summed E-state index contributed by atoms with van der Waals surface area (Å²) in [4.78, 5) is 24.6. The summed E-state index contributed by atoms with van der Waals surface area (Å²) in [5.41, 5.74) is -1.57. The average molecular weight is 390 g/mol. The number of halogens is 4. The lowest BCUT2D eigenvalue weighted by Gasteiger charge is -2.17. The second kappa shape index (κ2) is 7.36. The molecule has 1 fully saturated rings. The van der Waals surface area contributed by atoms with Gasteiger partial charge in [-0.2, -0.15) is 18.3 Å². The highest BCUT2D eigenvalue weighted by Gasteiger charge is 2.42. The second-order valence-corrected chi connectivity index (χ2v) is 5.73. The van der Waals surface area contributed by atoms with Gasteiger partial charge in [0, 0.05) is 13.1 Å². The van der Waals surface area contributed by atoms with Gasteiger partial charge in [-0.1, -0.05) is 18.2 Å². The zero-order chi connectivity index (χ0) is 18.2. The van der Waals surface area contributed by atoms with Gasteiger partial charge in [-0.25, -0.2) is 4.68 Å². The summed E-state index contributed by atoms with van der Waals surface area (Å²) in [7, 11) is 0. The van der Waals surface area contributed by atoms with Crippen molar-refractivity contribution in [2.75, 3.05) is 13.1 Å². The Balaban J connectivity index is 0.00000243. The van der Waals surface area contributed by atoms with Crippen LogP contribution in [0.5, 0.6) is 0 Å². The van der Waals surface area contributed by atoms with E-state index in [2.05, 4.69) is 5.10 Å². The van der Waals surface area contributed by atoms with Crippen LogP contribution < -0.4 is 0 Å². The van der Waals surface area contributed by atoms with Crippen LogP contribution >= 0.6 is 12.4 Å². The first-order valence-corrected chi connectivity index (χ1v) is 7.51. The quantitative estimate of drug-likeness (QED) is 0.875. The molecule has 6 nitrogen and oxygen atoms in total. The molecule has 3 rings (SSSR count). The van der Waals surface area contributed by atoms with Crippen LogP contribution in [0.1, 0.15) is 22.5 Å². The van der Waals surface area contributed by atoms with Crippen molar-refractivity contribution in [1.82, 2.24) is 14.7 Å². The van der Waals surface area contributed by atoms with Crippen molar-refractivity contribution in [1.29, 1.82) is 0 Å². The van der Waals surface area contributed by atoms with Gasteiger partial charge < -0.3 is 10.0 Å². The number of alkyl halides is 3. The van der Waals surface area contributed by atoms with Crippen LogP contribution in [0.25, 0.3) is 5.69 Å². The Bertz CT molecular complexity index is 808. The standard InChI is InChI=1S/C16H14F3N3O3.ClH/c17-16(18,19)13-12(8-20-22(13)11-4-2-1-3-5-11)14(23)21-7-6-10(9-21)15(24)25;/h1-5,8,10H,6-7,9H2,(H,24,25);1H. The Morgan fingerprint density at radius 3 is 2.38 bits per heavy atom. The van der Waals surface area contributed by atoms with Crippen LogP contribution in [-0.4, -0.2) is 44.8 Å². The molecule has 0 saturated carbocycles. The third-order valence-corrected chi connectivity index (χ3v) is 4.09. The maximum atomic E-state index is 13.6. The summed E-state index contributed by atoms with van der Waals surface area (Å²) in [6.45, 7) is -0.00834. The van der Waals surface area contributed by atoms with E-state index in [1.165, 1.54) is 12.1 Å². The number of likely N-dealkylation sites (tertiary alicyclic amines) is 1. The Hall–Kier alpha value is -2.55. The van der Waals surface area contributed by atoms with Crippen LogP contribution in [0.15, 0.2) is 36.5 Å². The minimum Gasteiger partial charge on any atom is -0.481 e. The van der Waals surface area contributed by atoms with Crippen molar-refractivity contribution >= 4 is 24.3 Å². The first kappa shape index (κ1) is 19.8. The topological polar surface area (TPSA) is 75.4 Å². The van der Waals surface area contributed by atoms with E-state index in [4.69, 9.17) is 5.11 Å². The summed E-state index contributed by atoms with van der Waals surface area (Å²) >= 11 is 0. The van der Waals surface area contributed by atoms with Crippen LogP contribution in [0.3, 0.4) is 0 Å². The Morgan fingerprint density at radius 1 is 1.19 bits per heavy atom. The number of benzene rings is 1. The first-order valence-electron chi connectivity index (χ1n) is 7.51. The Kier molecular flexibility index (Phi) is 5.60. The van der Waals surface area contributed by atoms with Crippen LogP contribution in [0.4, 0.5) is 13.2 Å². The summed E-state index contributed by atoms with van der Waals surface area (Å²) < 4.78 is 41.3. The number of aromatic nitrogens is 2. The molecule has 1 amide bonds. The number of carbonyl (C=O) groups is 2.